The van der Waals surface area contributed by atoms with Crippen molar-refractivity contribution in [3.05, 3.63) is 11.6 Å². The van der Waals surface area contributed by atoms with Crippen molar-refractivity contribution in [2.24, 2.45) is 5.92 Å². The molecule has 0 radical (unpaired) electrons. The summed E-state index contributed by atoms with van der Waals surface area (Å²) in [7, 11) is 0. The van der Waals surface area contributed by atoms with Crippen LogP contribution in [-0.4, -0.2) is 18.5 Å². The van der Waals surface area contributed by atoms with Gasteiger partial charge in [0.25, 0.3) is 5.92 Å². The van der Waals surface area contributed by atoms with Crippen LogP contribution in [0.15, 0.2) is 11.6 Å². The first kappa shape index (κ1) is 10.1. The van der Waals surface area contributed by atoms with Crippen molar-refractivity contribution < 1.29 is 8.78 Å². The maximum absolute atomic E-state index is 12.6. The summed E-state index contributed by atoms with van der Waals surface area (Å²) in [5.74, 6) is -2.71. The average molecular weight is 201 g/mol. The summed E-state index contributed by atoms with van der Waals surface area (Å²) in [4.78, 5) is 0. The van der Waals surface area contributed by atoms with E-state index in [4.69, 9.17) is 0 Å². The van der Waals surface area contributed by atoms with Crippen molar-refractivity contribution in [1.82, 2.24) is 5.32 Å². The molecule has 1 aliphatic heterocycles. The Balaban J connectivity index is 1.80. The van der Waals surface area contributed by atoms with Gasteiger partial charge in [-0.25, -0.2) is 8.78 Å². The lowest BCUT2D eigenvalue weighted by Gasteiger charge is -2.22. The quantitative estimate of drug-likeness (QED) is 0.677. The minimum atomic E-state index is -2.35. The third-order valence-electron chi connectivity index (χ3n) is 3.15. The normalized spacial score (nSPS) is 38.6. The van der Waals surface area contributed by atoms with Gasteiger partial charge in [0, 0.05) is 18.4 Å². The first-order valence-electron chi connectivity index (χ1n) is 5.37. The maximum Gasteiger partial charge on any atom is 0.251 e. The van der Waals surface area contributed by atoms with Gasteiger partial charge in [0.15, 0.2) is 0 Å². The van der Waals surface area contributed by atoms with E-state index >= 15 is 0 Å². The molecule has 14 heavy (non-hydrogen) atoms. The molecule has 0 amide bonds. The monoisotopic (exact) mass is 201 g/mol. The first-order chi connectivity index (χ1) is 6.58. The van der Waals surface area contributed by atoms with Gasteiger partial charge in [-0.15, -0.1) is 0 Å². The zero-order chi connectivity index (χ0) is 10.2. The lowest BCUT2D eigenvalue weighted by atomic mass is 9.98. The maximum atomic E-state index is 12.6. The fourth-order valence-corrected chi connectivity index (χ4v) is 2.07. The molecular weight excluding hydrogens is 184 g/mol. The van der Waals surface area contributed by atoms with E-state index in [9.17, 15) is 8.78 Å². The predicted octanol–water partition coefficient (Wildman–Crippen LogP) is 2.73. The number of halogens is 2. The van der Waals surface area contributed by atoms with E-state index < -0.39 is 5.92 Å². The molecule has 0 aromatic heterocycles. The molecule has 80 valence electrons. The van der Waals surface area contributed by atoms with E-state index in [1.54, 1.807) is 0 Å². The molecule has 0 spiro atoms. The van der Waals surface area contributed by atoms with Crippen LogP contribution < -0.4 is 5.32 Å². The third-order valence-corrected chi connectivity index (χ3v) is 3.15. The van der Waals surface area contributed by atoms with Crippen molar-refractivity contribution in [2.45, 2.75) is 44.6 Å². The Kier molecular flexibility index (Phi) is 2.60. The van der Waals surface area contributed by atoms with Crippen molar-refractivity contribution in [3.63, 3.8) is 0 Å². The van der Waals surface area contributed by atoms with Gasteiger partial charge in [-0.05, 0) is 32.7 Å². The van der Waals surface area contributed by atoms with Crippen LogP contribution in [0.5, 0.6) is 0 Å². The number of hydrogen-bond acceptors (Lipinski definition) is 1. The average Bonchev–Trinajstić information content (AvgIpc) is 2.71. The second-order valence-electron chi connectivity index (χ2n) is 4.57. The standard InChI is InChI=1S/C11H17F2N/c1-8-6-9(4-5-14-8)2-3-10-7-11(10,12)13/h2,8,10,14H,3-7H2,1H3/b9-2+. The molecule has 1 aliphatic carbocycles. The van der Waals surface area contributed by atoms with E-state index in [-0.39, 0.29) is 12.3 Å². The predicted molar refractivity (Wildman–Crippen MR) is 52.5 cm³/mol. The molecule has 1 saturated carbocycles. The highest BCUT2D eigenvalue weighted by Crippen LogP contribution is 2.51. The molecule has 0 bridgehead atoms. The number of nitrogens with one attached hydrogen (secondary N) is 1. The fourth-order valence-electron chi connectivity index (χ4n) is 2.07. The topological polar surface area (TPSA) is 12.0 Å². The van der Waals surface area contributed by atoms with Crippen LogP contribution in [0.4, 0.5) is 8.78 Å². The van der Waals surface area contributed by atoms with Gasteiger partial charge < -0.3 is 5.32 Å². The van der Waals surface area contributed by atoms with Crippen LogP contribution in [0.2, 0.25) is 0 Å². The van der Waals surface area contributed by atoms with Gasteiger partial charge in [0.2, 0.25) is 0 Å². The number of rotatable bonds is 2. The minimum absolute atomic E-state index is 0.102. The van der Waals surface area contributed by atoms with E-state index in [2.05, 4.69) is 12.2 Å². The van der Waals surface area contributed by atoms with E-state index in [0.29, 0.717) is 12.5 Å². The molecule has 2 rings (SSSR count). The zero-order valence-electron chi connectivity index (χ0n) is 8.52. The largest absolute Gasteiger partial charge is 0.314 e. The van der Waals surface area contributed by atoms with Crippen LogP contribution in [0, 0.1) is 5.92 Å². The van der Waals surface area contributed by atoms with E-state index in [1.165, 1.54) is 5.57 Å². The van der Waals surface area contributed by atoms with Crippen LogP contribution in [0.1, 0.15) is 32.6 Å². The van der Waals surface area contributed by atoms with Crippen molar-refractivity contribution in [2.75, 3.05) is 6.54 Å². The molecule has 2 unspecified atom stereocenters. The first-order valence-corrected chi connectivity index (χ1v) is 5.37. The Bertz CT molecular complexity index is 248. The summed E-state index contributed by atoms with van der Waals surface area (Å²) >= 11 is 0. The molecule has 2 aliphatic rings. The highest BCUT2D eigenvalue weighted by atomic mass is 19.3. The SMILES string of the molecule is CC1C/C(=C/CC2CC2(F)F)CCN1. The Hall–Kier alpha value is -0.440. The summed E-state index contributed by atoms with van der Waals surface area (Å²) in [6, 6.07) is 0.509. The van der Waals surface area contributed by atoms with Gasteiger partial charge in [-0.1, -0.05) is 11.6 Å². The molecule has 0 aromatic rings. The summed E-state index contributed by atoms with van der Waals surface area (Å²) in [5.41, 5.74) is 1.36. The van der Waals surface area contributed by atoms with Gasteiger partial charge >= 0.3 is 0 Å². The van der Waals surface area contributed by atoms with Crippen molar-refractivity contribution in [3.8, 4) is 0 Å². The minimum Gasteiger partial charge on any atom is -0.314 e. The number of piperidine rings is 1. The molecule has 1 heterocycles. The highest BCUT2D eigenvalue weighted by Gasteiger charge is 2.55. The van der Waals surface area contributed by atoms with Gasteiger partial charge in [0.05, 0.1) is 0 Å². The van der Waals surface area contributed by atoms with Crippen molar-refractivity contribution in [1.29, 1.82) is 0 Å². The lowest BCUT2D eigenvalue weighted by molar-refractivity contribution is 0.0994. The molecule has 1 saturated heterocycles. The van der Waals surface area contributed by atoms with Crippen LogP contribution in [0.3, 0.4) is 0 Å². The number of allylic oxidation sites excluding steroid dienone is 1. The number of alkyl halides is 2. The molecule has 3 heteroatoms. The molecule has 0 aromatic carbocycles. The van der Waals surface area contributed by atoms with Crippen molar-refractivity contribution >= 4 is 0 Å². The highest BCUT2D eigenvalue weighted by molar-refractivity contribution is 5.10. The second-order valence-corrected chi connectivity index (χ2v) is 4.57. The van der Waals surface area contributed by atoms with Crippen LogP contribution in [-0.2, 0) is 0 Å². The molecular formula is C11H17F2N. The molecule has 2 atom stereocenters. The van der Waals surface area contributed by atoms with E-state index in [1.807, 2.05) is 6.08 Å². The summed E-state index contributed by atoms with van der Waals surface area (Å²) in [5, 5.41) is 3.34. The van der Waals surface area contributed by atoms with E-state index in [0.717, 1.165) is 19.4 Å². The van der Waals surface area contributed by atoms with Crippen LogP contribution >= 0.6 is 0 Å². The molecule has 1 N–H and O–H groups in total. The Morgan fingerprint density at radius 1 is 1.57 bits per heavy atom. The van der Waals surface area contributed by atoms with Crippen LogP contribution in [0.25, 0.3) is 0 Å². The lowest BCUT2D eigenvalue weighted by Crippen LogP contribution is -2.32. The molecule has 1 nitrogen and oxygen atoms in total. The second kappa shape index (κ2) is 3.61. The Morgan fingerprint density at radius 3 is 2.86 bits per heavy atom. The Morgan fingerprint density at radius 2 is 2.29 bits per heavy atom. The Labute approximate surface area is 83.6 Å². The van der Waals surface area contributed by atoms with Gasteiger partial charge in [0.1, 0.15) is 0 Å². The summed E-state index contributed by atoms with van der Waals surface area (Å²) in [6.07, 6.45) is 4.78. The molecule has 2 fully saturated rings. The number of hydrogen-bond donors (Lipinski definition) is 1. The summed E-state index contributed by atoms with van der Waals surface area (Å²) < 4.78 is 25.2. The zero-order valence-corrected chi connectivity index (χ0v) is 8.52. The summed E-state index contributed by atoms with van der Waals surface area (Å²) in [6.45, 7) is 3.13. The fraction of sp³-hybridized carbons (Fsp3) is 0.818. The smallest absolute Gasteiger partial charge is 0.251 e. The third kappa shape index (κ3) is 2.32. The van der Waals surface area contributed by atoms with Gasteiger partial charge in [-0.2, -0.15) is 0 Å². The van der Waals surface area contributed by atoms with Gasteiger partial charge in [-0.3, -0.25) is 0 Å².